The van der Waals surface area contributed by atoms with E-state index < -0.39 is 5.41 Å². The van der Waals surface area contributed by atoms with E-state index in [9.17, 15) is 9.18 Å². The van der Waals surface area contributed by atoms with Gasteiger partial charge in [-0.05, 0) is 44.0 Å². The highest BCUT2D eigenvalue weighted by atomic mass is 19.1. The zero-order valence-corrected chi connectivity index (χ0v) is 14.1. The summed E-state index contributed by atoms with van der Waals surface area (Å²) >= 11 is 0. The SMILES string of the molecule is CC(C)(C(=O)NCC1NCCc2ccccc21)c1ccccc1F. The van der Waals surface area contributed by atoms with Gasteiger partial charge < -0.3 is 10.6 Å². The van der Waals surface area contributed by atoms with E-state index in [2.05, 4.69) is 22.8 Å². The lowest BCUT2D eigenvalue weighted by Gasteiger charge is -2.29. The Kier molecular flexibility index (Phi) is 4.67. The largest absolute Gasteiger partial charge is 0.353 e. The highest BCUT2D eigenvalue weighted by molar-refractivity contribution is 5.87. The van der Waals surface area contributed by atoms with Gasteiger partial charge in [0.2, 0.25) is 5.91 Å². The van der Waals surface area contributed by atoms with E-state index in [0.717, 1.165) is 13.0 Å². The van der Waals surface area contributed by atoms with Gasteiger partial charge in [-0.25, -0.2) is 4.39 Å². The number of carbonyl (C=O) groups is 1. The molecule has 0 aliphatic carbocycles. The maximum atomic E-state index is 14.0. The molecule has 0 spiro atoms. The summed E-state index contributed by atoms with van der Waals surface area (Å²) in [6.07, 6.45) is 1.00. The van der Waals surface area contributed by atoms with Crippen LogP contribution < -0.4 is 10.6 Å². The molecular formula is C20H23FN2O. The Bertz CT molecular complexity index is 742. The molecule has 2 N–H and O–H groups in total. The van der Waals surface area contributed by atoms with Gasteiger partial charge in [0.05, 0.1) is 5.41 Å². The highest BCUT2D eigenvalue weighted by Crippen LogP contribution is 2.27. The molecule has 0 aromatic heterocycles. The number of amides is 1. The molecule has 3 nitrogen and oxygen atoms in total. The zero-order valence-electron chi connectivity index (χ0n) is 14.1. The first-order chi connectivity index (χ1) is 11.5. The van der Waals surface area contributed by atoms with Gasteiger partial charge in [-0.15, -0.1) is 0 Å². The van der Waals surface area contributed by atoms with Crippen molar-refractivity contribution in [3.63, 3.8) is 0 Å². The molecule has 2 aromatic carbocycles. The first kappa shape index (κ1) is 16.7. The van der Waals surface area contributed by atoms with Gasteiger partial charge in [0.15, 0.2) is 0 Å². The number of nitrogens with one attached hydrogen (secondary N) is 2. The van der Waals surface area contributed by atoms with Crippen LogP contribution in [0.5, 0.6) is 0 Å². The van der Waals surface area contributed by atoms with Crippen LogP contribution in [-0.2, 0) is 16.6 Å². The highest BCUT2D eigenvalue weighted by Gasteiger charge is 2.32. The molecule has 1 amide bonds. The number of fused-ring (bicyclic) bond motifs is 1. The molecule has 1 heterocycles. The average molecular weight is 326 g/mol. The van der Waals surface area contributed by atoms with Crippen LogP contribution in [0.3, 0.4) is 0 Å². The molecule has 0 radical (unpaired) electrons. The van der Waals surface area contributed by atoms with Crippen molar-refractivity contribution in [1.82, 2.24) is 10.6 Å². The van der Waals surface area contributed by atoms with Crippen molar-refractivity contribution in [1.29, 1.82) is 0 Å². The van der Waals surface area contributed by atoms with Gasteiger partial charge in [0, 0.05) is 18.2 Å². The molecule has 1 atom stereocenters. The van der Waals surface area contributed by atoms with E-state index in [0.29, 0.717) is 12.1 Å². The summed E-state index contributed by atoms with van der Waals surface area (Å²) in [5.74, 6) is -0.517. The summed E-state index contributed by atoms with van der Waals surface area (Å²) in [6.45, 7) is 4.90. The average Bonchev–Trinajstić information content (AvgIpc) is 2.59. The van der Waals surface area contributed by atoms with Crippen LogP contribution in [0.2, 0.25) is 0 Å². The van der Waals surface area contributed by atoms with Crippen LogP contribution in [0.1, 0.15) is 36.6 Å². The van der Waals surface area contributed by atoms with Gasteiger partial charge in [-0.1, -0.05) is 42.5 Å². The fraction of sp³-hybridized carbons (Fsp3) is 0.350. The van der Waals surface area contributed by atoms with E-state index in [1.165, 1.54) is 17.2 Å². The molecule has 0 saturated heterocycles. The van der Waals surface area contributed by atoms with Crippen molar-refractivity contribution in [2.75, 3.05) is 13.1 Å². The molecule has 0 bridgehead atoms. The third-order valence-corrected chi connectivity index (χ3v) is 4.80. The van der Waals surface area contributed by atoms with Crippen molar-refractivity contribution in [3.05, 3.63) is 71.0 Å². The first-order valence-electron chi connectivity index (χ1n) is 8.34. The molecule has 24 heavy (non-hydrogen) atoms. The van der Waals surface area contributed by atoms with Crippen LogP contribution in [0.15, 0.2) is 48.5 Å². The van der Waals surface area contributed by atoms with Crippen LogP contribution in [0, 0.1) is 5.82 Å². The Hall–Kier alpha value is -2.20. The maximum Gasteiger partial charge on any atom is 0.230 e. The van der Waals surface area contributed by atoms with Crippen LogP contribution >= 0.6 is 0 Å². The topological polar surface area (TPSA) is 41.1 Å². The molecule has 1 unspecified atom stereocenters. The van der Waals surface area contributed by atoms with Crippen LogP contribution in [-0.4, -0.2) is 19.0 Å². The fourth-order valence-corrected chi connectivity index (χ4v) is 3.28. The van der Waals surface area contributed by atoms with E-state index >= 15 is 0 Å². The third kappa shape index (κ3) is 3.20. The molecule has 126 valence electrons. The second-order valence-electron chi connectivity index (χ2n) is 6.77. The van der Waals surface area contributed by atoms with Crippen molar-refractivity contribution >= 4 is 5.91 Å². The van der Waals surface area contributed by atoms with Crippen molar-refractivity contribution in [2.45, 2.75) is 31.7 Å². The second kappa shape index (κ2) is 6.73. The van der Waals surface area contributed by atoms with Gasteiger partial charge in [0.25, 0.3) is 0 Å². The lowest BCUT2D eigenvalue weighted by Crippen LogP contribution is -2.45. The number of hydrogen-bond acceptors (Lipinski definition) is 2. The summed E-state index contributed by atoms with van der Waals surface area (Å²) in [5, 5.41) is 6.44. The second-order valence-corrected chi connectivity index (χ2v) is 6.77. The molecule has 0 fully saturated rings. The summed E-state index contributed by atoms with van der Waals surface area (Å²) < 4.78 is 14.0. The molecule has 4 heteroatoms. The Morgan fingerprint density at radius 2 is 1.92 bits per heavy atom. The maximum absolute atomic E-state index is 14.0. The van der Waals surface area contributed by atoms with Gasteiger partial charge in [-0.3, -0.25) is 4.79 Å². The Labute approximate surface area is 142 Å². The lowest BCUT2D eigenvalue weighted by molar-refractivity contribution is -0.125. The molecule has 1 aliphatic heterocycles. The van der Waals surface area contributed by atoms with Gasteiger partial charge >= 0.3 is 0 Å². The number of hydrogen-bond donors (Lipinski definition) is 2. The fourth-order valence-electron chi connectivity index (χ4n) is 3.28. The normalized spacial score (nSPS) is 17.2. The monoisotopic (exact) mass is 326 g/mol. The van der Waals surface area contributed by atoms with Gasteiger partial charge in [0.1, 0.15) is 5.82 Å². The lowest BCUT2D eigenvalue weighted by atomic mass is 9.83. The molecule has 3 rings (SSSR count). The standard InChI is InChI=1S/C20H23FN2O/c1-20(2,16-9-5-6-10-17(16)21)19(24)23-13-18-15-8-4-3-7-14(15)11-12-22-18/h3-10,18,22H,11-13H2,1-2H3,(H,23,24). The van der Waals surface area contributed by atoms with Crippen molar-refractivity contribution in [3.8, 4) is 0 Å². The summed E-state index contributed by atoms with van der Waals surface area (Å²) in [5.41, 5.74) is 2.05. The van der Waals surface area contributed by atoms with Crippen molar-refractivity contribution in [2.24, 2.45) is 0 Å². The first-order valence-corrected chi connectivity index (χ1v) is 8.34. The van der Waals surface area contributed by atoms with E-state index in [4.69, 9.17) is 0 Å². The number of benzene rings is 2. The summed E-state index contributed by atoms with van der Waals surface area (Å²) in [7, 11) is 0. The zero-order chi connectivity index (χ0) is 17.2. The minimum Gasteiger partial charge on any atom is -0.353 e. The molecule has 0 saturated carbocycles. The molecule has 1 aliphatic rings. The predicted octanol–water partition coefficient (Wildman–Crippen LogP) is 3.11. The smallest absolute Gasteiger partial charge is 0.230 e. The quantitative estimate of drug-likeness (QED) is 0.906. The minimum absolute atomic E-state index is 0.0929. The predicted molar refractivity (Wildman–Crippen MR) is 93.3 cm³/mol. The Morgan fingerprint density at radius 3 is 2.71 bits per heavy atom. The van der Waals surface area contributed by atoms with E-state index in [1.54, 1.807) is 32.0 Å². The number of rotatable bonds is 4. The van der Waals surface area contributed by atoms with Crippen molar-refractivity contribution < 1.29 is 9.18 Å². The van der Waals surface area contributed by atoms with Gasteiger partial charge in [-0.2, -0.15) is 0 Å². The summed E-state index contributed by atoms with van der Waals surface area (Å²) in [4.78, 5) is 12.7. The van der Waals surface area contributed by atoms with Crippen LogP contribution in [0.25, 0.3) is 0 Å². The van der Waals surface area contributed by atoms with E-state index in [1.807, 2.05) is 12.1 Å². The molecular weight excluding hydrogens is 303 g/mol. The summed E-state index contributed by atoms with van der Waals surface area (Å²) in [6, 6.07) is 14.8. The molecule has 2 aromatic rings. The van der Waals surface area contributed by atoms with E-state index in [-0.39, 0.29) is 17.8 Å². The number of carbonyl (C=O) groups excluding carboxylic acids is 1. The Balaban J connectivity index is 1.71. The van der Waals surface area contributed by atoms with Crippen LogP contribution in [0.4, 0.5) is 4.39 Å². The Morgan fingerprint density at radius 1 is 1.21 bits per heavy atom. The minimum atomic E-state index is -0.917. The third-order valence-electron chi connectivity index (χ3n) is 4.80. The number of halogens is 1.